The van der Waals surface area contributed by atoms with Crippen LogP contribution in [0.1, 0.15) is 37.8 Å². The molecule has 0 amide bonds. The molecule has 1 atom stereocenters. The molecular formula is C17H24BrN3. The first-order chi connectivity index (χ1) is 10.1. The van der Waals surface area contributed by atoms with E-state index in [1.54, 1.807) is 0 Å². The van der Waals surface area contributed by atoms with Crippen molar-refractivity contribution in [3.8, 4) is 0 Å². The lowest BCUT2D eigenvalue weighted by Gasteiger charge is -2.19. The first kappa shape index (κ1) is 16.2. The van der Waals surface area contributed by atoms with E-state index in [4.69, 9.17) is 0 Å². The molecule has 0 saturated carbocycles. The second-order valence-electron chi connectivity index (χ2n) is 5.72. The number of halogens is 1. The van der Waals surface area contributed by atoms with Gasteiger partial charge in [-0.25, -0.2) is 0 Å². The Bertz CT molecular complexity index is 563. The molecule has 0 bridgehead atoms. The second-order valence-corrected chi connectivity index (χ2v) is 6.64. The second kappa shape index (κ2) is 7.76. The van der Waals surface area contributed by atoms with Crippen molar-refractivity contribution in [2.24, 2.45) is 0 Å². The van der Waals surface area contributed by atoms with E-state index in [0.29, 0.717) is 12.0 Å². The van der Waals surface area contributed by atoms with Crippen LogP contribution in [-0.2, 0) is 13.0 Å². The monoisotopic (exact) mass is 349 g/mol. The van der Waals surface area contributed by atoms with E-state index in [1.165, 1.54) is 11.1 Å². The largest absolute Gasteiger partial charge is 0.314 e. The molecule has 1 aromatic carbocycles. The molecule has 0 aliphatic rings. The molecule has 0 aliphatic heterocycles. The molecule has 3 nitrogen and oxygen atoms in total. The lowest BCUT2D eigenvalue weighted by atomic mass is 9.93. The van der Waals surface area contributed by atoms with Crippen molar-refractivity contribution in [2.45, 2.75) is 45.7 Å². The molecule has 2 rings (SSSR count). The van der Waals surface area contributed by atoms with Crippen molar-refractivity contribution in [3.63, 3.8) is 0 Å². The predicted octanol–water partition coefficient (Wildman–Crippen LogP) is 3.99. The van der Waals surface area contributed by atoms with E-state index in [-0.39, 0.29) is 0 Å². The number of aromatic nitrogens is 2. The highest BCUT2D eigenvalue weighted by Crippen LogP contribution is 2.23. The quantitative estimate of drug-likeness (QED) is 0.818. The van der Waals surface area contributed by atoms with Crippen molar-refractivity contribution < 1.29 is 0 Å². The van der Waals surface area contributed by atoms with Gasteiger partial charge in [0.2, 0.25) is 0 Å². The first-order valence-electron chi connectivity index (χ1n) is 7.58. The zero-order chi connectivity index (χ0) is 15.2. The molecule has 0 fully saturated rings. The van der Waals surface area contributed by atoms with Gasteiger partial charge < -0.3 is 5.32 Å². The van der Waals surface area contributed by atoms with Crippen LogP contribution in [0.25, 0.3) is 0 Å². The van der Waals surface area contributed by atoms with Crippen LogP contribution in [0.2, 0.25) is 0 Å². The van der Waals surface area contributed by atoms with E-state index < -0.39 is 0 Å². The summed E-state index contributed by atoms with van der Waals surface area (Å²) in [6, 6.07) is 9.11. The lowest BCUT2D eigenvalue weighted by molar-refractivity contribution is 0.526. The van der Waals surface area contributed by atoms with Gasteiger partial charge >= 0.3 is 0 Å². The van der Waals surface area contributed by atoms with Crippen LogP contribution in [-0.4, -0.2) is 22.4 Å². The predicted molar refractivity (Wildman–Crippen MR) is 91.6 cm³/mol. The molecule has 0 radical (unpaired) electrons. The number of benzene rings is 1. The molecule has 0 spiro atoms. The van der Waals surface area contributed by atoms with Gasteiger partial charge in [-0.1, -0.05) is 41.9 Å². The van der Waals surface area contributed by atoms with E-state index in [0.717, 1.165) is 24.0 Å². The van der Waals surface area contributed by atoms with Gasteiger partial charge in [0.05, 0.1) is 6.20 Å². The molecule has 4 heteroatoms. The van der Waals surface area contributed by atoms with E-state index in [9.17, 15) is 0 Å². The van der Waals surface area contributed by atoms with Gasteiger partial charge in [-0.3, -0.25) is 4.68 Å². The minimum atomic E-state index is 0.458. The molecule has 21 heavy (non-hydrogen) atoms. The standard InChI is InChI=1S/C17H24BrN3/c1-4-21-12-14(10-20-21)8-16(11-19-13(2)3)15-6-5-7-17(18)9-15/h5-7,9-10,12-13,16,19H,4,8,11H2,1-3H3. The smallest absolute Gasteiger partial charge is 0.0521 e. The van der Waals surface area contributed by atoms with E-state index in [2.05, 4.69) is 77.6 Å². The molecule has 2 aromatic rings. The zero-order valence-corrected chi connectivity index (χ0v) is 14.6. The topological polar surface area (TPSA) is 29.9 Å². The van der Waals surface area contributed by atoms with Gasteiger partial charge in [-0.15, -0.1) is 0 Å². The number of aryl methyl sites for hydroxylation is 1. The Kier molecular flexibility index (Phi) is 6.00. The lowest BCUT2D eigenvalue weighted by Crippen LogP contribution is -2.28. The van der Waals surface area contributed by atoms with Crippen molar-refractivity contribution in [1.82, 2.24) is 15.1 Å². The Morgan fingerprint density at radius 2 is 2.14 bits per heavy atom. The average molecular weight is 350 g/mol. The number of hydrogen-bond acceptors (Lipinski definition) is 2. The van der Waals surface area contributed by atoms with Crippen LogP contribution in [0.15, 0.2) is 41.1 Å². The minimum Gasteiger partial charge on any atom is -0.314 e. The highest BCUT2D eigenvalue weighted by atomic mass is 79.9. The van der Waals surface area contributed by atoms with Crippen LogP contribution in [0, 0.1) is 0 Å². The van der Waals surface area contributed by atoms with Crippen molar-refractivity contribution in [2.75, 3.05) is 6.54 Å². The SMILES string of the molecule is CCn1cc(CC(CNC(C)C)c2cccc(Br)c2)cn1. The Balaban J connectivity index is 2.15. The number of nitrogens with one attached hydrogen (secondary N) is 1. The summed E-state index contributed by atoms with van der Waals surface area (Å²) in [4.78, 5) is 0. The maximum Gasteiger partial charge on any atom is 0.0521 e. The summed E-state index contributed by atoms with van der Waals surface area (Å²) in [6.07, 6.45) is 5.15. The van der Waals surface area contributed by atoms with Crippen molar-refractivity contribution in [1.29, 1.82) is 0 Å². The molecule has 1 unspecified atom stereocenters. The van der Waals surface area contributed by atoms with Gasteiger partial charge in [0.25, 0.3) is 0 Å². The highest BCUT2D eigenvalue weighted by Gasteiger charge is 2.14. The summed E-state index contributed by atoms with van der Waals surface area (Å²) >= 11 is 3.57. The highest BCUT2D eigenvalue weighted by molar-refractivity contribution is 9.10. The van der Waals surface area contributed by atoms with Crippen LogP contribution in [0.4, 0.5) is 0 Å². The summed E-state index contributed by atoms with van der Waals surface area (Å²) in [5.41, 5.74) is 2.66. The number of rotatable bonds is 7. The third-order valence-corrected chi connectivity index (χ3v) is 4.08. The van der Waals surface area contributed by atoms with Gasteiger partial charge in [0.1, 0.15) is 0 Å². The average Bonchev–Trinajstić information content (AvgIpc) is 2.91. The van der Waals surface area contributed by atoms with Crippen LogP contribution in [0.3, 0.4) is 0 Å². The Hall–Kier alpha value is -1.13. The summed E-state index contributed by atoms with van der Waals surface area (Å²) in [5.74, 6) is 0.458. The molecule has 1 heterocycles. The maximum atomic E-state index is 4.38. The molecular weight excluding hydrogens is 326 g/mol. The fourth-order valence-corrected chi connectivity index (χ4v) is 2.83. The minimum absolute atomic E-state index is 0.458. The summed E-state index contributed by atoms with van der Waals surface area (Å²) in [5, 5.41) is 7.94. The Morgan fingerprint density at radius 1 is 1.33 bits per heavy atom. The van der Waals surface area contributed by atoms with Crippen molar-refractivity contribution >= 4 is 15.9 Å². The fraction of sp³-hybridized carbons (Fsp3) is 0.471. The van der Waals surface area contributed by atoms with Crippen LogP contribution >= 0.6 is 15.9 Å². The van der Waals surface area contributed by atoms with E-state index in [1.807, 2.05) is 10.9 Å². The van der Waals surface area contributed by atoms with Crippen LogP contribution in [0.5, 0.6) is 0 Å². The molecule has 114 valence electrons. The third kappa shape index (κ3) is 4.97. The van der Waals surface area contributed by atoms with Gasteiger partial charge in [0, 0.05) is 35.7 Å². The summed E-state index contributed by atoms with van der Waals surface area (Å²) < 4.78 is 3.13. The fourth-order valence-electron chi connectivity index (χ4n) is 2.42. The maximum absolute atomic E-state index is 4.38. The Labute approximate surface area is 135 Å². The van der Waals surface area contributed by atoms with Gasteiger partial charge in [-0.2, -0.15) is 5.10 Å². The van der Waals surface area contributed by atoms with E-state index >= 15 is 0 Å². The molecule has 1 N–H and O–H groups in total. The van der Waals surface area contributed by atoms with Crippen molar-refractivity contribution in [3.05, 3.63) is 52.3 Å². The van der Waals surface area contributed by atoms with Gasteiger partial charge in [-0.05, 0) is 36.6 Å². The number of hydrogen-bond donors (Lipinski definition) is 1. The molecule has 0 saturated heterocycles. The third-order valence-electron chi connectivity index (χ3n) is 3.59. The molecule has 0 aliphatic carbocycles. The molecule has 1 aromatic heterocycles. The van der Waals surface area contributed by atoms with Crippen LogP contribution < -0.4 is 5.32 Å². The first-order valence-corrected chi connectivity index (χ1v) is 8.38. The Morgan fingerprint density at radius 3 is 2.76 bits per heavy atom. The van der Waals surface area contributed by atoms with Gasteiger partial charge in [0.15, 0.2) is 0 Å². The summed E-state index contributed by atoms with van der Waals surface area (Å²) in [7, 11) is 0. The number of nitrogens with zero attached hydrogens (tertiary/aromatic N) is 2. The normalized spacial score (nSPS) is 12.8. The zero-order valence-electron chi connectivity index (χ0n) is 13.0. The summed E-state index contributed by atoms with van der Waals surface area (Å²) in [6.45, 7) is 8.39.